The second-order valence-corrected chi connectivity index (χ2v) is 4.61. The van der Waals surface area contributed by atoms with Crippen molar-refractivity contribution in [1.29, 1.82) is 0 Å². The van der Waals surface area contributed by atoms with Crippen LogP contribution in [0.15, 0.2) is 0 Å². The first kappa shape index (κ1) is 11.0. The zero-order chi connectivity index (χ0) is 9.73. The fraction of sp³-hybridized carbons (Fsp3) is 1.00. The highest BCUT2D eigenvalue weighted by Gasteiger charge is 2.30. The maximum absolute atomic E-state index is 10.2. The van der Waals surface area contributed by atoms with Gasteiger partial charge in [0.2, 0.25) is 0 Å². The van der Waals surface area contributed by atoms with Gasteiger partial charge in [-0.05, 0) is 31.6 Å². The molecule has 1 saturated carbocycles. The number of hydrogen-bond donors (Lipinski definition) is 2. The second-order valence-electron chi connectivity index (χ2n) is 4.61. The number of aliphatic hydroxyl groups excluding tert-OH is 1. The molecule has 1 fully saturated rings. The highest BCUT2D eigenvalue weighted by Crippen LogP contribution is 2.33. The van der Waals surface area contributed by atoms with E-state index >= 15 is 0 Å². The number of rotatable bonds is 4. The van der Waals surface area contributed by atoms with Crippen LogP contribution in [0.5, 0.6) is 0 Å². The van der Waals surface area contributed by atoms with Gasteiger partial charge in [0.1, 0.15) is 0 Å². The molecule has 0 aliphatic heterocycles. The third-order valence-corrected chi connectivity index (χ3v) is 3.13. The van der Waals surface area contributed by atoms with E-state index in [4.69, 9.17) is 5.11 Å². The fourth-order valence-electron chi connectivity index (χ4n) is 2.39. The average molecular weight is 186 g/mol. The first-order chi connectivity index (χ1) is 6.16. The summed E-state index contributed by atoms with van der Waals surface area (Å²) in [6.45, 7) is 2.36. The Hall–Kier alpha value is -0.0800. The summed E-state index contributed by atoms with van der Waals surface area (Å²) in [5, 5.41) is 19.0. The van der Waals surface area contributed by atoms with E-state index in [1.165, 1.54) is 19.3 Å². The Balaban J connectivity index is 2.31. The van der Waals surface area contributed by atoms with Gasteiger partial charge in [0, 0.05) is 6.61 Å². The zero-order valence-corrected chi connectivity index (χ0v) is 8.63. The van der Waals surface area contributed by atoms with E-state index in [-0.39, 0.29) is 6.61 Å². The first-order valence-electron chi connectivity index (χ1n) is 5.49. The Labute approximate surface area is 81.0 Å². The monoisotopic (exact) mass is 186 g/mol. The Morgan fingerprint density at radius 3 is 2.38 bits per heavy atom. The summed E-state index contributed by atoms with van der Waals surface area (Å²) in [6.07, 6.45) is 7.22. The van der Waals surface area contributed by atoms with Crippen molar-refractivity contribution in [3.05, 3.63) is 0 Å². The van der Waals surface area contributed by atoms with Crippen LogP contribution in [0.3, 0.4) is 0 Å². The quantitative estimate of drug-likeness (QED) is 0.705. The van der Waals surface area contributed by atoms with E-state index in [2.05, 4.69) is 6.92 Å². The maximum atomic E-state index is 10.2. The lowest BCUT2D eigenvalue weighted by Gasteiger charge is -2.34. The van der Waals surface area contributed by atoms with Crippen molar-refractivity contribution in [2.45, 2.75) is 57.5 Å². The highest BCUT2D eigenvalue weighted by molar-refractivity contribution is 4.83. The summed E-state index contributed by atoms with van der Waals surface area (Å²) in [7, 11) is 0. The van der Waals surface area contributed by atoms with Gasteiger partial charge in [0.25, 0.3) is 0 Å². The third-order valence-electron chi connectivity index (χ3n) is 3.13. The molecule has 0 saturated heterocycles. The van der Waals surface area contributed by atoms with E-state index < -0.39 is 5.60 Å². The summed E-state index contributed by atoms with van der Waals surface area (Å²) < 4.78 is 0. The summed E-state index contributed by atoms with van der Waals surface area (Å²) in [5.74, 6) is 0.452. The fourth-order valence-corrected chi connectivity index (χ4v) is 2.39. The molecule has 2 heteroatoms. The van der Waals surface area contributed by atoms with Crippen LogP contribution in [-0.4, -0.2) is 22.4 Å². The minimum Gasteiger partial charge on any atom is -0.396 e. The summed E-state index contributed by atoms with van der Waals surface area (Å²) in [5.41, 5.74) is -0.410. The van der Waals surface area contributed by atoms with Crippen LogP contribution in [0.2, 0.25) is 0 Å². The summed E-state index contributed by atoms with van der Waals surface area (Å²) in [4.78, 5) is 0. The lowest BCUT2D eigenvalue weighted by Crippen LogP contribution is -2.33. The molecule has 13 heavy (non-hydrogen) atoms. The molecule has 0 aromatic heterocycles. The third kappa shape index (κ3) is 3.65. The Morgan fingerprint density at radius 2 is 1.85 bits per heavy atom. The van der Waals surface area contributed by atoms with Crippen LogP contribution in [0.1, 0.15) is 51.9 Å². The van der Waals surface area contributed by atoms with Gasteiger partial charge in [0.05, 0.1) is 5.60 Å². The van der Waals surface area contributed by atoms with Gasteiger partial charge in [-0.2, -0.15) is 0 Å². The van der Waals surface area contributed by atoms with Crippen LogP contribution in [0.4, 0.5) is 0 Å². The topological polar surface area (TPSA) is 40.5 Å². The molecule has 0 aromatic carbocycles. The molecule has 1 atom stereocenters. The predicted octanol–water partition coefficient (Wildman–Crippen LogP) is 2.09. The van der Waals surface area contributed by atoms with E-state index in [0.29, 0.717) is 5.92 Å². The molecule has 0 bridgehead atoms. The molecule has 0 amide bonds. The largest absolute Gasteiger partial charge is 0.396 e. The molecule has 78 valence electrons. The van der Waals surface area contributed by atoms with Crippen molar-refractivity contribution in [1.82, 2.24) is 0 Å². The lowest BCUT2D eigenvalue weighted by molar-refractivity contribution is -0.0179. The maximum Gasteiger partial charge on any atom is 0.0650 e. The van der Waals surface area contributed by atoms with Crippen molar-refractivity contribution in [2.75, 3.05) is 6.61 Å². The van der Waals surface area contributed by atoms with Crippen molar-refractivity contribution in [2.24, 2.45) is 5.92 Å². The van der Waals surface area contributed by atoms with E-state index in [9.17, 15) is 5.11 Å². The Bertz CT molecular complexity index is 139. The van der Waals surface area contributed by atoms with Crippen molar-refractivity contribution < 1.29 is 10.2 Å². The summed E-state index contributed by atoms with van der Waals surface area (Å²) in [6, 6.07) is 0. The van der Waals surface area contributed by atoms with Gasteiger partial charge in [-0.1, -0.05) is 26.2 Å². The van der Waals surface area contributed by atoms with Gasteiger partial charge in [0.15, 0.2) is 0 Å². The lowest BCUT2D eigenvalue weighted by atomic mass is 9.78. The van der Waals surface area contributed by atoms with E-state index in [0.717, 1.165) is 25.7 Å². The Kier molecular flexibility index (Phi) is 4.20. The standard InChI is InChI=1S/C11H22O2/c1-10(5-8-12)9-11(13)6-3-2-4-7-11/h10,12-13H,2-9H2,1H3. The minimum atomic E-state index is -0.410. The second kappa shape index (κ2) is 4.97. The first-order valence-corrected chi connectivity index (χ1v) is 5.49. The van der Waals surface area contributed by atoms with Gasteiger partial charge < -0.3 is 10.2 Å². The van der Waals surface area contributed by atoms with Crippen LogP contribution in [0.25, 0.3) is 0 Å². The van der Waals surface area contributed by atoms with E-state index in [1.807, 2.05) is 0 Å². The van der Waals surface area contributed by atoms with Crippen molar-refractivity contribution in [3.63, 3.8) is 0 Å². The van der Waals surface area contributed by atoms with Crippen LogP contribution >= 0.6 is 0 Å². The van der Waals surface area contributed by atoms with Crippen LogP contribution in [0, 0.1) is 5.92 Å². The molecule has 1 unspecified atom stereocenters. The molecule has 2 N–H and O–H groups in total. The van der Waals surface area contributed by atoms with Crippen LogP contribution < -0.4 is 0 Å². The predicted molar refractivity (Wildman–Crippen MR) is 53.5 cm³/mol. The molecule has 0 radical (unpaired) electrons. The zero-order valence-electron chi connectivity index (χ0n) is 8.63. The van der Waals surface area contributed by atoms with Crippen LogP contribution in [-0.2, 0) is 0 Å². The van der Waals surface area contributed by atoms with Crippen molar-refractivity contribution >= 4 is 0 Å². The van der Waals surface area contributed by atoms with Gasteiger partial charge in [-0.25, -0.2) is 0 Å². The Morgan fingerprint density at radius 1 is 1.23 bits per heavy atom. The van der Waals surface area contributed by atoms with Gasteiger partial charge in [-0.15, -0.1) is 0 Å². The molecular formula is C11H22O2. The molecule has 1 aliphatic rings. The number of hydrogen-bond acceptors (Lipinski definition) is 2. The molecule has 0 aromatic rings. The SMILES string of the molecule is CC(CCO)CC1(O)CCCCC1. The summed E-state index contributed by atoms with van der Waals surface area (Å²) >= 11 is 0. The molecule has 0 spiro atoms. The van der Waals surface area contributed by atoms with E-state index in [1.54, 1.807) is 0 Å². The average Bonchev–Trinajstić information content (AvgIpc) is 2.04. The van der Waals surface area contributed by atoms with Crippen molar-refractivity contribution in [3.8, 4) is 0 Å². The minimum absolute atomic E-state index is 0.247. The van der Waals surface area contributed by atoms with Gasteiger partial charge in [-0.3, -0.25) is 0 Å². The highest BCUT2D eigenvalue weighted by atomic mass is 16.3. The normalized spacial score (nSPS) is 24.2. The number of aliphatic hydroxyl groups is 2. The molecule has 1 aliphatic carbocycles. The smallest absolute Gasteiger partial charge is 0.0650 e. The van der Waals surface area contributed by atoms with Gasteiger partial charge >= 0.3 is 0 Å². The molecule has 0 heterocycles. The molecule has 2 nitrogen and oxygen atoms in total. The molecule has 1 rings (SSSR count). The molecular weight excluding hydrogens is 164 g/mol.